The Labute approximate surface area is 152 Å². The van der Waals surface area contributed by atoms with Crippen LogP contribution in [0.15, 0.2) is 24.5 Å². The van der Waals surface area contributed by atoms with Gasteiger partial charge in [0.15, 0.2) is 0 Å². The van der Waals surface area contributed by atoms with Crippen LogP contribution in [0.2, 0.25) is 0 Å². The highest BCUT2D eigenvalue weighted by Gasteiger charge is 2.29. The van der Waals surface area contributed by atoms with Crippen molar-refractivity contribution in [1.29, 1.82) is 0 Å². The van der Waals surface area contributed by atoms with Crippen molar-refractivity contribution in [2.45, 2.75) is 38.0 Å². The van der Waals surface area contributed by atoms with Gasteiger partial charge in [0.05, 0.1) is 17.5 Å². The minimum atomic E-state index is -0.00620. The number of piperazine rings is 1. The first-order chi connectivity index (χ1) is 12.7. The Morgan fingerprint density at radius 3 is 2.35 bits per heavy atom. The number of H-pyrrole nitrogens is 2. The van der Waals surface area contributed by atoms with Crippen LogP contribution in [0.1, 0.15) is 64.6 Å². The Hall–Kier alpha value is -2.57. The number of nitrogens with zero attached hydrogens (tertiary/aromatic N) is 3. The SMILES string of the molecule is O=C(c1ccc[nH]1)N1CCN(C(=O)c2cn[nH]c2C2CCCCC2)CC1. The van der Waals surface area contributed by atoms with Crippen molar-refractivity contribution in [2.24, 2.45) is 0 Å². The second-order valence-corrected chi connectivity index (χ2v) is 7.20. The summed E-state index contributed by atoms with van der Waals surface area (Å²) in [6.45, 7) is 2.22. The van der Waals surface area contributed by atoms with Crippen LogP contribution in [-0.4, -0.2) is 63.0 Å². The summed E-state index contributed by atoms with van der Waals surface area (Å²) in [6.07, 6.45) is 9.39. The zero-order valence-electron chi connectivity index (χ0n) is 14.9. The van der Waals surface area contributed by atoms with E-state index < -0.39 is 0 Å². The summed E-state index contributed by atoms with van der Waals surface area (Å²) in [4.78, 5) is 32.0. The molecule has 0 atom stereocenters. The fourth-order valence-corrected chi connectivity index (χ4v) is 4.09. The summed E-state index contributed by atoms with van der Waals surface area (Å²) in [7, 11) is 0. The fraction of sp³-hybridized carbons (Fsp3) is 0.526. The minimum Gasteiger partial charge on any atom is -0.357 e. The van der Waals surface area contributed by atoms with Gasteiger partial charge >= 0.3 is 0 Å². The third-order valence-electron chi connectivity index (χ3n) is 5.60. The van der Waals surface area contributed by atoms with E-state index in [0.29, 0.717) is 43.4 Å². The Morgan fingerprint density at radius 1 is 1.00 bits per heavy atom. The van der Waals surface area contributed by atoms with Gasteiger partial charge in [0.1, 0.15) is 5.69 Å². The maximum Gasteiger partial charge on any atom is 0.270 e. The van der Waals surface area contributed by atoms with Gasteiger partial charge < -0.3 is 14.8 Å². The van der Waals surface area contributed by atoms with Gasteiger partial charge in [-0.05, 0) is 25.0 Å². The molecule has 0 bridgehead atoms. The van der Waals surface area contributed by atoms with E-state index in [1.54, 1.807) is 23.4 Å². The van der Waals surface area contributed by atoms with Crippen molar-refractivity contribution in [1.82, 2.24) is 25.0 Å². The number of aromatic amines is 2. The molecular weight excluding hydrogens is 330 g/mol. The normalized spacial score (nSPS) is 18.9. The van der Waals surface area contributed by atoms with Crippen molar-refractivity contribution in [3.8, 4) is 0 Å². The summed E-state index contributed by atoms with van der Waals surface area (Å²) >= 11 is 0. The summed E-state index contributed by atoms with van der Waals surface area (Å²) in [6, 6.07) is 3.60. The lowest BCUT2D eigenvalue weighted by Crippen LogP contribution is -2.50. The van der Waals surface area contributed by atoms with Crippen LogP contribution in [0.3, 0.4) is 0 Å². The average Bonchev–Trinajstić information content (AvgIpc) is 3.39. The van der Waals surface area contributed by atoms with E-state index in [1.807, 2.05) is 11.0 Å². The molecule has 2 fully saturated rings. The first-order valence-corrected chi connectivity index (χ1v) is 9.49. The zero-order chi connectivity index (χ0) is 17.9. The zero-order valence-corrected chi connectivity index (χ0v) is 14.9. The van der Waals surface area contributed by atoms with Crippen LogP contribution in [0.4, 0.5) is 0 Å². The van der Waals surface area contributed by atoms with Gasteiger partial charge in [-0.15, -0.1) is 0 Å². The van der Waals surface area contributed by atoms with Crippen molar-refractivity contribution < 1.29 is 9.59 Å². The monoisotopic (exact) mass is 355 g/mol. The molecule has 2 aromatic rings. The number of aromatic nitrogens is 3. The van der Waals surface area contributed by atoms with Crippen molar-refractivity contribution in [2.75, 3.05) is 26.2 Å². The first-order valence-electron chi connectivity index (χ1n) is 9.49. The van der Waals surface area contributed by atoms with Crippen molar-refractivity contribution >= 4 is 11.8 Å². The van der Waals surface area contributed by atoms with Crippen LogP contribution in [-0.2, 0) is 0 Å². The highest BCUT2D eigenvalue weighted by molar-refractivity contribution is 5.96. The average molecular weight is 355 g/mol. The van der Waals surface area contributed by atoms with Crippen LogP contribution in [0, 0.1) is 0 Å². The molecule has 1 aliphatic heterocycles. The van der Waals surface area contributed by atoms with E-state index in [0.717, 1.165) is 18.5 Å². The molecule has 0 radical (unpaired) electrons. The van der Waals surface area contributed by atoms with E-state index in [9.17, 15) is 9.59 Å². The third-order valence-corrected chi connectivity index (χ3v) is 5.60. The summed E-state index contributed by atoms with van der Waals surface area (Å²) in [5.74, 6) is 0.445. The molecule has 7 nitrogen and oxygen atoms in total. The van der Waals surface area contributed by atoms with Gasteiger partial charge in [0.25, 0.3) is 11.8 Å². The van der Waals surface area contributed by atoms with E-state index in [2.05, 4.69) is 15.2 Å². The largest absolute Gasteiger partial charge is 0.357 e. The maximum absolute atomic E-state index is 13.0. The third kappa shape index (κ3) is 3.25. The van der Waals surface area contributed by atoms with Gasteiger partial charge in [-0.2, -0.15) is 5.10 Å². The number of carbonyl (C=O) groups is 2. The Balaban J connectivity index is 1.40. The van der Waals surface area contributed by atoms with Crippen LogP contribution < -0.4 is 0 Å². The van der Waals surface area contributed by atoms with Crippen LogP contribution in [0.25, 0.3) is 0 Å². The lowest BCUT2D eigenvalue weighted by molar-refractivity contribution is 0.0531. The standard InChI is InChI=1S/C19H25N5O2/c25-18(15-13-21-22-17(15)14-5-2-1-3-6-14)23-9-11-24(12-10-23)19(26)16-7-4-8-20-16/h4,7-8,13-14,20H,1-3,5-6,9-12H2,(H,21,22). The van der Waals surface area contributed by atoms with Crippen molar-refractivity contribution in [3.63, 3.8) is 0 Å². The second kappa shape index (κ2) is 7.35. The molecule has 2 aromatic heterocycles. The van der Waals surface area contributed by atoms with Gasteiger partial charge in [-0.25, -0.2) is 0 Å². The van der Waals surface area contributed by atoms with E-state index >= 15 is 0 Å². The molecule has 1 saturated heterocycles. The van der Waals surface area contributed by atoms with E-state index in [1.165, 1.54) is 19.3 Å². The summed E-state index contributed by atoms with van der Waals surface area (Å²) in [5, 5.41) is 7.22. The molecule has 2 N–H and O–H groups in total. The summed E-state index contributed by atoms with van der Waals surface area (Å²) < 4.78 is 0. The number of nitrogens with one attached hydrogen (secondary N) is 2. The van der Waals surface area contributed by atoms with Crippen LogP contribution >= 0.6 is 0 Å². The molecule has 7 heteroatoms. The molecule has 138 valence electrons. The van der Waals surface area contributed by atoms with Gasteiger partial charge in [-0.3, -0.25) is 14.7 Å². The van der Waals surface area contributed by atoms with E-state index in [-0.39, 0.29) is 11.8 Å². The molecule has 2 aliphatic rings. The molecule has 1 aliphatic carbocycles. The number of hydrogen-bond donors (Lipinski definition) is 2. The number of amides is 2. The Morgan fingerprint density at radius 2 is 1.69 bits per heavy atom. The molecule has 3 heterocycles. The number of hydrogen-bond acceptors (Lipinski definition) is 3. The molecule has 0 spiro atoms. The molecule has 1 saturated carbocycles. The maximum atomic E-state index is 13.0. The van der Waals surface area contributed by atoms with E-state index in [4.69, 9.17) is 0 Å². The smallest absolute Gasteiger partial charge is 0.270 e. The molecule has 0 unspecified atom stereocenters. The molecule has 0 aromatic carbocycles. The Bertz CT molecular complexity index is 753. The minimum absolute atomic E-state index is 0.00620. The lowest BCUT2D eigenvalue weighted by atomic mass is 9.85. The lowest BCUT2D eigenvalue weighted by Gasteiger charge is -2.34. The van der Waals surface area contributed by atoms with Gasteiger partial charge in [0, 0.05) is 38.3 Å². The second-order valence-electron chi connectivity index (χ2n) is 7.20. The highest BCUT2D eigenvalue weighted by Crippen LogP contribution is 2.33. The Kier molecular flexibility index (Phi) is 4.77. The van der Waals surface area contributed by atoms with Crippen molar-refractivity contribution in [3.05, 3.63) is 41.5 Å². The number of rotatable bonds is 3. The van der Waals surface area contributed by atoms with Gasteiger partial charge in [-0.1, -0.05) is 19.3 Å². The first kappa shape index (κ1) is 16.9. The summed E-state index contributed by atoms with van der Waals surface area (Å²) in [5.41, 5.74) is 2.31. The quantitative estimate of drug-likeness (QED) is 0.886. The molecular formula is C19H25N5O2. The van der Waals surface area contributed by atoms with Crippen LogP contribution in [0.5, 0.6) is 0 Å². The predicted octanol–water partition coefficient (Wildman–Crippen LogP) is 2.38. The highest BCUT2D eigenvalue weighted by atomic mass is 16.2. The fourth-order valence-electron chi connectivity index (χ4n) is 4.09. The van der Waals surface area contributed by atoms with Gasteiger partial charge in [0.2, 0.25) is 0 Å². The topological polar surface area (TPSA) is 85.1 Å². The predicted molar refractivity (Wildman–Crippen MR) is 97.0 cm³/mol. The number of carbonyl (C=O) groups excluding carboxylic acids is 2. The molecule has 26 heavy (non-hydrogen) atoms. The molecule has 2 amide bonds. The molecule has 4 rings (SSSR count).